The summed E-state index contributed by atoms with van der Waals surface area (Å²) >= 11 is 0. The molecule has 2 fully saturated rings. The van der Waals surface area contributed by atoms with Gasteiger partial charge >= 0.3 is 0 Å². The van der Waals surface area contributed by atoms with E-state index in [1.54, 1.807) is 0 Å². The zero-order chi connectivity index (χ0) is 13.1. The Morgan fingerprint density at radius 3 is 2.32 bits per heavy atom. The predicted octanol–water partition coefficient (Wildman–Crippen LogP) is 5.25. The van der Waals surface area contributed by atoms with Crippen molar-refractivity contribution in [2.24, 2.45) is 11.8 Å². The van der Waals surface area contributed by atoms with Crippen LogP contribution in [0.1, 0.15) is 69.3 Å². The third-order valence-electron chi connectivity index (χ3n) is 5.41. The molecule has 2 unspecified atom stereocenters. The van der Waals surface area contributed by atoms with Gasteiger partial charge in [0.1, 0.15) is 5.75 Å². The van der Waals surface area contributed by atoms with Gasteiger partial charge in [0.25, 0.3) is 0 Å². The van der Waals surface area contributed by atoms with Gasteiger partial charge in [0.15, 0.2) is 0 Å². The van der Waals surface area contributed by atoms with Crippen molar-refractivity contribution in [2.75, 3.05) is 0 Å². The summed E-state index contributed by atoms with van der Waals surface area (Å²) < 4.78 is 0. The molecule has 1 aromatic rings. The van der Waals surface area contributed by atoms with Gasteiger partial charge in [0.2, 0.25) is 0 Å². The average molecular weight is 258 g/mol. The van der Waals surface area contributed by atoms with Crippen LogP contribution in [-0.2, 0) is 0 Å². The molecule has 2 aliphatic carbocycles. The molecule has 1 heteroatoms. The Morgan fingerprint density at radius 2 is 1.53 bits per heavy atom. The Labute approximate surface area is 117 Å². The summed E-state index contributed by atoms with van der Waals surface area (Å²) in [6.07, 6.45) is 12.6. The van der Waals surface area contributed by atoms with Gasteiger partial charge in [-0.05, 0) is 42.2 Å². The first-order chi connectivity index (χ1) is 9.34. The van der Waals surface area contributed by atoms with Crippen LogP contribution in [0.3, 0.4) is 0 Å². The summed E-state index contributed by atoms with van der Waals surface area (Å²) in [6, 6.07) is 7.97. The maximum absolute atomic E-state index is 10.1. The van der Waals surface area contributed by atoms with Crippen molar-refractivity contribution in [2.45, 2.75) is 63.7 Å². The highest BCUT2D eigenvalue weighted by Gasteiger charge is 2.30. The highest BCUT2D eigenvalue weighted by molar-refractivity contribution is 5.35. The van der Waals surface area contributed by atoms with Gasteiger partial charge in [-0.15, -0.1) is 0 Å². The van der Waals surface area contributed by atoms with Gasteiger partial charge in [-0.1, -0.05) is 63.1 Å². The molecular weight excluding hydrogens is 232 g/mol. The Bertz CT molecular complexity index is 406. The fourth-order valence-electron chi connectivity index (χ4n) is 4.38. The second-order valence-corrected chi connectivity index (χ2v) is 6.58. The minimum atomic E-state index is 0.511. The fourth-order valence-corrected chi connectivity index (χ4v) is 4.38. The van der Waals surface area contributed by atoms with Crippen LogP contribution in [0, 0.1) is 11.8 Å². The van der Waals surface area contributed by atoms with E-state index in [1.807, 2.05) is 12.1 Å². The molecule has 0 bridgehead atoms. The highest BCUT2D eigenvalue weighted by Crippen LogP contribution is 2.45. The van der Waals surface area contributed by atoms with Crippen LogP contribution in [0.4, 0.5) is 0 Å². The summed E-state index contributed by atoms with van der Waals surface area (Å²) in [6.45, 7) is 0. The second kappa shape index (κ2) is 5.98. The Balaban J connectivity index is 1.69. The van der Waals surface area contributed by atoms with Gasteiger partial charge in [0.05, 0.1) is 0 Å². The van der Waals surface area contributed by atoms with Crippen molar-refractivity contribution in [3.8, 4) is 5.75 Å². The predicted molar refractivity (Wildman–Crippen MR) is 79.4 cm³/mol. The normalized spacial score (nSPS) is 29.3. The maximum Gasteiger partial charge on any atom is 0.119 e. The van der Waals surface area contributed by atoms with Crippen LogP contribution >= 0.6 is 0 Å². The van der Waals surface area contributed by atoms with E-state index in [0.29, 0.717) is 11.7 Å². The van der Waals surface area contributed by atoms with Crippen molar-refractivity contribution >= 4 is 0 Å². The SMILES string of the molecule is Oc1ccccc1C1CCCC(C2CCCCC2)C1. The molecule has 0 aliphatic heterocycles. The van der Waals surface area contributed by atoms with E-state index in [4.69, 9.17) is 0 Å². The maximum atomic E-state index is 10.1. The van der Waals surface area contributed by atoms with E-state index >= 15 is 0 Å². The molecule has 3 rings (SSSR count). The number of phenols is 1. The van der Waals surface area contributed by atoms with Gasteiger partial charge in [-0.3, -0.25) is 0 Å². The zero-order valence-electron chi connectivity index (χ0n) is 11.9. The van der Waals surface area contributed by atoms with Crippen molar-refractivity contribution in [3.05, 3.63) is 29.8 Å². The third kappa shape index (κ3) is 2.96. The number of hydrogen-bond acceptors (Lipinski definition) is 1. The number of aromatic hydroxyl groups is 1. The Morgan fingerprint density at radius 1 is 0.789 bits per heavy atom. The van der Waals surface area contributed by atoms with Crippen LogP contribution in [0.25, 0.3) is 0 Å². The first kappa shape index (κ1) is 13.0. The van der Waals surface area contributed by atoms with Crippen LogP contribution in [0.5, 0.6) is 5.75 Å². The molecule has 0 saturated heterocycles. The van der Waals surface area contributed by atoms with Gasteiger partial charge in [-0.25, -0.2) is 0 Å². The third-order valence-corrected chi connectivity index (χ3v) is 5.41. The van der Waals surface area contributed by atoms with E-state index in [-0.39, 0.29) is 0 Å². The number of rotatable bonds is 2. The van der Waals surface area contributed by atoms with Crippen molar-refractivity contribution in [1.29, 1.82) is 0 Å². The molecule has 2 atom stereocenters. The molecule has 1 N–H and O–H groups in total. The number of para-hydroxylation sites is 1. The van der Waals surface area contributed by atoms with Crippen molar-refractivity contribution in [3.63, 3.8) is 0 Å². The molecule has 0 radical (unpaired) electrons. The molecule has 2 aliphatic rings. The summed E-state index contributed by atoms with van der Waals surface area (Å²) in [7, 11) is 0. The van der Waals surface area contributed by atoms with Crippen LogP contribution in [0.2, 0.25) is 0 Å². The molecule has 19 heavy (non-hydrogen) atoms. The van der Waals surface area contributed by atoms with Gasteiger partial charge in [0, 0.05) is 0 Å². The number of phenolic OH excluding ortho intramolecular Hbond substituents is 1. The molecule has 2 saturated carbocycles. The van der Waals surface area contributed by atoms with Crippen LogP contribution in [-0.4, -0.2) is 5.11 Å². The largest absolute Gasteiger partial charge is 0.508 e. The molecule has 0 amide bonds. The molecule has 1 nitrogen and oxygen atoms in total. The van der Waals surface area contributed by atoms with E-state index in [1.165, 1.54) is 63.4 Å². The smallest absolute Gasteiger partial charge is 0.119 e. The summed E-state index contributed by atoms with van der Waals surface area (Å²) in [5.41, 5.74) is 1.20. The quantitative estimate of drug-likeness (QED) is 0.768. The van der Waals surface area contributed by atoms with Crippen molar-refractivity contribution < 1.29 is 5.11 Å². The molecular formula is C18H26O. The van der Waals surface area contributed by atoms with E-state index in [9.17, 15) is 5.11 Å². The molecule has 0 aromatic heterocycles. The summed E-state index contributed by atoms with van der Waals surface area (Å²) in [5, 5.41) is 10.1. The lowest BCUT2D eigenvalue weighted by atomic mass is 9.69. The van der Waals surface area contributed by atoms with Gasteiger partial charge in [-0.2, -0.15) is 0 Å². The molecule has 104 valence electrons. The highest BCUT2D eigenvalue weighted by atomic mass is 16.3. The van der Waals surface area contributed by atoms with Crippen LogP contribution < -0.4 is 0 Å². The Hall–Kier alpha value is -0.980. The zero-order valence-corrected chi connectivity index (χ0v) is 11.9. The van der Waals surface area contributed by atoms with Crippen LogP contribution in [0.15, 0.2) is 24.3 Å². The minimum Gasteiger partial charge on any atom is -0.508 e. The van der Waals surface area contributed by atoms with E-state index < -0.39 is 0 Å². The summed E-state index contributed by atoms with van der Waals surface area (Å²) in [4.78, 5) is 0. The monoisotopic (exact) mass is 258 g/mol. The molecule has 1 aromatic carbocycles. The number of benzene rings is 1. The lowest BCUT2D eigenvalue weighted by molar-refractivity contribution is 0.182. The standard InChI is InChI=1S/C18H26O/c19-18-12-5-4-11-17(18)16-10-6-9-15(13-16)14-7-2-1-3-8-14/h4-5,11-12,14-16,19H,1-3,6-10,13H2. The van der Waals surface area contributed by atoms with E-state index in [0.717, 1.165) is 11.8 Å². The first-order valence-electron chi connectivity index (χ1n) is 8.12. The average Bonchev–Trinajstić information content (AvgIpc) is 2.49. The second-order valence-electron chi connectivity index (χ2n) is 6.58. The van der Waals surface area contributed by atoms with E-state index in [2.05, 4.69) is 12.1 Å². The Kier molecular flexibility index (Phi) is 4.10. The topological polar surface area (TPSA) is 20.2 Å². The van der Waals surface area contributed by atoms with Crippen molar-refractivity contribution in [1.82, 2.24) is 0 Å². The number of hydrogen-bond donors (Lipinski definition) is 1. The lowest BCUT2D eigenvalue weighted by Crippen LogP contribution is -2.23. The van der Waals surface area contributed by atoms with Gasteiger partial charge < -0.3 is 5.11 Å². The molecule has 0 spiro atoms. The summed E-state index contributed by atoms with van der Waals surface area (Å²) in [5.74, 6) is 3.00. The first-order valence-corrected chi connectivity index (χ1v) is 8.12. The fraction of sp³-hybridized carbons (Fsp3) is 0.667. The minimum absolute atomic E-state index is 0.511. The molecule has 0 heterocycles. The lowest BCUT2D eigenvalue weighted by Gasteiger charge is -2.36.